The molecule has 1 amide bonds. The molecule has 1 fully saturated rings. The number of rotatable bonds is 5. The number of nitrogens with zero attached hydrogens (tertiary/aromatic N) is 3. The van der Waals surface area contributed by atoms with Crippen molar-refractivity contribution in [3.63, 3.8) is 0 Å². The van der Waals surface area contributed by atoms with Gasteiger partial charge >= 0.3 is 0 Å². The van der Waals surface area contributed by atoms with Gasteiger partial charge in [0.15, 0.2) is 0 Å². The van der Waals surface area contributed by atoms with Crippen LogP contribution in [0.2, 0.25) is 0 Å². The summed E-state index contributed by atoms with van der Waals surface area (Å²) < 4.78 is 1.25. The molecule has 5 nitrogen and oxygen atoms in total. The number of para-hydroxylation sites is 1. The average Bonchev–Trinajstić information content (AvgIpc) is 3.13. The van der Waals surface area contributed by atoms with Crippen molar-refractivity contribution in [1.82, 2.24) is 14.8 Å². The monoisotopic (exact) mass is 422 g/mol. The highest BCUT2D eigenvalue weighted by Crippen LogP contribution is 2.24. The van der Waals surface area contributed by atoms with E-state index in [2.05, 4.69) is 66.2 Å². The third-order valence-corrected chi connectivity index (χ3v) is 6.98. The number of aryl methyl sites for hydroxylation is 3. The van der Waals surface area contributed by atoms with Gasteiger partial charge in [-0.2, -0.15) is 0 Å². The SMILES string of the molecule is Cc1cc(C)c(NC(=O)[C@H](C)N2CCN(Cc3nc4ccccc4s3)CC2)c(C)c1. The zero-order chi connectivity index (χ0) is 21.3. The van der Waals surface area contributed by atoms with Crippen LogP contribution in [0, 0.1) is 20.8 Å². The molecule has 0 spiro atoms. The summed E-state index contributed by atoms with van der Waals surface area (Å²) in [7, 11) is 0. The lowest BCUT2D eigenvalue weighted by Crippen LogP contribution is -2.52. The summed E-state index contributed by atoms with van der Waals surface area (Å²) in [4.78, 5) is 22.4. The van der Waals surface area contributed by atoms with Gasteiger partial charge in [-0.25, -0.2) is 4.98 Å². The molecule has 1 aromatic heterocycles. The van der Waals surface area contributed by atoms with Gasteiger partial charge in [0.05, 0.1) is 22.8 Å². The van der Waals surface area contributed by atoms with Crippen molar-refractivity contribution >= 4 is 33.1 Å². The molecule has 0 saturated carbocycles. The van der Waals surface area contributed by atoms with E-state index in [1.54, 1.807) is 11.3 Å². The first-order chi connectivity index (χ1) is 14.4. The Morgan fingerprint density at radius 1 is 1.10 bits per heavy atom. The van der Waals surface area contributed by atoms with E-state index in [9.17, 15) is 4.79 Å². The minimum atomic E-state index is -0.144. The lowest BCUT2D eigenvalue weighted by Gasteiger charge is -2.37. The highest BCUT2D eigenvalue weighted by Gasteiger charge is 2.26. The topological polar surface area (TPSA) is 48.5 Å². The minimum absolute atomic E-state index is 0.0738. The van der Waals surface area contributed by atoms with Gasteiger partial charge < -0.3 is 5.32 Å². The van der Waals surface area contributed by atoms with E-state index < -0.39 is 0 Å². The van der Waals surface area contributed by atoms with Gasteiger partial charge in [-0.1, -0.05) is 29.8 Å². The molecule has 1 atom stereocenters. The molecule has 6 heteroatoms. The van der Waals surface area contributed by atoms with E-state index in [1.165, 1.54) is 15.3 Å². The quantitative estimate of drug-likeness (QED) is 0.663. The Morgan fingerprint density at radius 2 is 1.77 bits per heavy atom. The van der Waals surface area contributed by atoms with Crippen LogP contribution in [0.1, 0.15) is 28.6 Å². The maximum atomic E-state index is 12.9. The van der Waals surface area contributed by atoms with E-state index in [0.717, 1.165) is 55.1 Å². The molecule has 4 rings (SSSR count). The third-order valence-electron chi connectivity index (χ3n) is 5.96. The summed E-state index contributed by atoms with van der Waals surface area (Å²) >= 11 is 1.78. The fraction of sp³-hybridized carbons (Fsp3) is 0.417. The van der Waals surface area contributed by atoms with Crippen molar-refractivity contribution in [1.29, 1.82) is 0 Å². The Hall–Kier alpha value is -2.28. The first-order valence-electron chi connectivity index (χ1n) is 10.6. The third kappa shape index (κ3) is 4.56. The Balaban J connectivity index is 1.32. The minimum Gasteiger partial charge on any atom is -0.324 e. The fourth-order valence-corrected chi connectivity index (χ4v) is 5.27. The van der Waals surface area contributed by atoms with E-state index >= 15 is 0 Å². The molecule has 2 heterocycles. The van der Waals surface area contributed by atoms with Gasteiger partial charge in [0.1, 0.15) is 5.01 Å². The van der Waals surface area contributed by atoms with Crippen molar-refractivity contribution < 1.29 is 4.79 Å². The van der Waals surface area contributed by atoms with Crippen LogP contribution >= 0.6 is 11.3 Å². The number of aromatic nitrogens is 1. The number of carbonyl (C=O) groups is 1. The number of fused-ring (bicyclic) bond motifs is 1. The first kappa shape index (κ1) is 21.0. The molecule has 1 saturated heterocycles. The maximum Gasteiger partial charge on any atom is 0.241 e. The first-order valence-corrected chi connectivity index (χ1v) is 11.4. The number of thiazole rings is 1. The van der Waals surface area contributed by atoms with Crippen LogP contribution in [0.25, 0.3) is 10.2 Å². The summed E-state index contributed by atoms with van der Waals surface area (Å²) in [5.74, 6) is 0.0738. The van der Waals surface area contributed by atoms with Crippen molar-refractivity contribution in [3.8, 4) is 0 Å². The summed E-state index contributed by atoms with van der Waals surface area (Å²) in [6.45, 7) is 12.8. The van der Waals surface area contributed by atoms with Gasteiger partial charge in [0.2, 0.25) is 5.91 Å². The number of hydrogen-bond acceptors (Lipinski definition) is 5. The van der Waals surface area contributed by atoms with Crippen LogP contribution in [0.15, 0.2) is 36.4 Å². The van der Waals surface area contributed by atoms with Crippen molar-refractivity contribution in [2.24, 2.45) is 0 Å². The Kier molecular flexibility index (Phi) is 6.18. The second-order valence-electron chi connectivity index (χ2n) is 8.33. The lowest BCUT2D eigenvalue weighted by molar-refractivity contribution is -0.121. The van der Waals surface area contributed by atoms with Crippen LogP contribution in [0.4, 0.5) is 5.69 Å². The smallest absolute Gasteiger partial charge is 0.241 e. The second kappa shape index (κ2) is 8.84. The second-order valence-corrected chi connectivity index (χ2v) is 9.44. The molecule has 0 aliphatic carbocycles. The van der Waals surface area contributed by atoms with Crippen LogP contribution in [-0.4, -0.2) is 52.9 Å². The van der Waals surface area contributed by atoms with Crippen molar-refractivity contribution in [3.05, 3.63) is 58.1 Å². The number of anilines is 1. The van der Waals surface area contributed by atoms with Crippen LogP contribution < -0.4 is 5.32 Å². The fourth-order valence-electron chi connectivity index (χ4n) is 4.26. The molecule has 2 aromatic carbocycles. The molecule has 3 aromatic rings. The van der Waals surface area contributed by atoms with Crippen molar-refractivity contribution in [2.75, 3.05) is 31.5 Å². The number of nitrogens with one attached hydrogen (secondary N) is 1. The van der Waals surface area contributed by atoms with E-state index in [4.69, 9.17) is 4.98 Å². The number of carbonyl (C=O) groups excluding carboxylic acids is 1. The predicted molar refractivity (Wildman–Crippen MR) is 125 cm³/mol. The van der Waals surface area contributed by atoms with Crippen LogP contribution in [0.5, 0.6) is 0 Å². The molecule has 158 valence electrons. The molecule has 1 N–H and O–H groups in total. The van der Waals surface area contributed by atoms with Gasteiger partial charge in [0, 0.05) is 31.9 Å². The Labute approximate surface area is 182 Å². The number of hydrogen-bond donors (Lipinski definition) is 1. The molecule has 0 radical (unpaired) electrons. The summed E-state index contributed by atoms with van der Waals surface area (Å²) in [6.07, 6.45) is 0. The number of amides is 1. The summed E-state index contributed by atoms with van der Waals surface area (Å²) in [5, 5.41) is 4.33. The highest BCUT2D eigenvalue weighted by molar-refractivity contribution is 7.18. The molecular formula is C24H30N4OS. The maximum absolute atomic E-state index is 12.9. The lowest BCUT2D eigenvalue weighted by atomic mass is 10.0. The highest BCUT2D eigenvalue weighted by atomic mass is 32.1. The molecule has 0 unspecified atom stereocenters. The summed E-state index contributed by atoms with van der Waals surface area (Å²) in [6, 6.07) is 12.4. The Morgan fingerprint density at radius 3 is 2.43 bits per heavy atom. The zero-order valence-corrected chi connectivity index (χ0v) is 19.1. The number of benzene rings is 2. The normalized spacial score (nSPS) is 16.7. The molecule has 30 heavy (non-hydrogen) atoms. The van der Waals surface area contributed by atoms with Gasteiger partial charge in [-0.15, -0.1) is 11.3 Å². The number of piperazine rings is 1. The van der Waals surface area contributed by atoms with E-state index in [1.807, 2.05) is 13.0 Å². The van der Waals surface area contributed by atoms with E-state index in [0.29, 0.717) is 0 Å². The van der Waals surface area contributed by atoms with Crippen molar-refractivity contribution in [2.45, 2.75) is 40.3 Å². The van der Waals surface area contributed by atoms with Gasteiger partial charge in [0.25, 0.3) is 0 Å². The molecular weight excluding hydrogens is 392 g/mol. The molecule has 1 aliphatic heterocycles. The average molecular weight is 423 g/mol. The Bertz CT molecular complexity index is 996. The van der Waals surface area contributed by atoms with Gasteiger partial charge in [-0.05, 0) is 51.0 Å². The van der Waals surface area contributed by atoms with E-state index in [-0.39, 0.29) is 11.9 Å². The zero-order valence-electron chi connectivity index (χ0n) is 18.2. The largest absolute Gasteiger partial charge is 0.324 e. The molecule has 1 aliphatic rings. The summed E-state index contributed by atoms with van der Waals surface area (Å²) in [5.41, 5.74) is 5.50. The standard InChI is InChI=1S/C24H30N4OS/c1-16-13-17(2)23(18(3)14-16)26-24(29)19(4)28-11-9-27(10-12-28)15-22-25-20-7-5-6-8-21(20)30-22/h5-8,13-14,19H,9-12,15H2,1-4H3,(H,26,29)/t19-/m0/s1. The molecule has 0 bridgehead atoms. The van der Waals surface area contributed by atoms with Crippen LogP contribution in [0.3, 0.4) is 0 Å². The predicted octanol–water partition coefficient (Wildman–Crippen LogP) is 4.37. The van der Waals surface area contributed by atoms with Gasteiger partial charge in [-0.3, -0.25) is 14.6 Å². The van der Waals surface area contributed by atoms with Crippen LogP contribution in [-0.2, 0) is 11.3 Å².